The fraction of sp³-hybridized carbons (Fsp3) is 0.600. The summed E-state index contributed by atoms with van der Waals surface area (Å²) in [7, 11) is 0. The van der Waals surface area contributed by atoms with Gasteiger partial charge in [0, 0.05) is 0 Å². The van der Waals surface area contributed by atoms with E-state index < -0.39 is 0 Å². The molecule has 1 atom stereocenters. The summed E-state index contributed by atoms with van der Waals surface area (Å²) in [5.41, 5.74) is 0. The quantitative estimate of drug-likeness (QED) is 0.656. The fourth-order valence-corrected chi connectivity index (χ4v) is 0.986. The van der Waals surface area contributed by atoms with Gasteiger partial charge in [0.15, 0.2) is 0 Å². The molecule has 1 rings (SSSR count). The van der Waals surface area contributed by atoms with Crippen molar-refractivity contribution in [1.29, 1.82) is 0 Å². The van der Waals surface area contributed by atoms with E-state index in [2.05, 4.69) is 6.92 Å². The summed E-state index contributed by atoms with van der Waals surface area (Å²) in [4.78, 5) is 0. The second kappa shape index (κ2) is 4.29. The Morgan fingerprint density at radius 2 is 1.89 bits per heavy atom. The Bertz CT molecular complexity index is 97.1. The summed E-state index contributed by atoms with van der Waals surface area (Å²) in [5.74, 6) is 0. The SMILES string of the molecule is Br.C[CH]([Zn])C1OC=CO1. The van der Waals surface area contributed by atoms with E-state index >= 15 is 0 Å². The van der Waals surface area contributed by atoms with Crippen LogP contribution in [0.1, 0.15) is 6.92 Å². The summed E-state index contributed by atoms with van der Waals surface area (Å²) in [6.07, 6.45) is 3.20. The van der Waals surface area contributed by atoms with E-state index in [4.69, 9.17) is 9.47 Å². The second-order valence-electron chi connectivity index (χ2n) is 1.89. The van der Waals surface area contributed by atoms with Gasteiger partial charge < -0.3 is 0 Å². The van der Waals surface area contributed by atoms with Crippen molar-refractivity contribution in [2.45, 2.75) is 17.7 Å². The molecule has 0 saturated heterocycles. The van der Waals surface area contributed by atoms with Crippen LogP contribution in [0.2, 0.25) is 4.51 Å². The van der Waals surface area contributed by atoms with Crippen LogP contribution in [0.4, 0.5) is 0 Å². The number of halogens is 1. The van der Waals surface area contributed by atoms with E-state index in [9.17, 15) is 0 Å². The van der Waals surface area contributed by atoms with Gasteiger partial charge in [0.1, 0.15) is 0 Å². The van der Waals surface area contributed by atoms with Crippen LogP contribution in [-0.4, -0.2) is 6.29 Å². The third-order valence-corrected chi connectivity index (χ3v) is 1.75. The van der Waals surface area contributed by atoms with Crippen molar-refractivity contribution in [1.82, 2.24) is 0 Å². The molecule has 0 amide bonds. The molecule has 1 aliphatic heterocycles. The summed E-state index contributed by atoms with van der Waals surface area (Å²) in [5, 5.41) is 0. The molecule has 0 spiro atoms. The normalized spacial score (nSPS) is 19.9. The molecule has 0 aromatic carbocycles. The summed E-state index contributed by atoms with van der Waals surface area (Å²) in [6.45, 7) is 2.11. The Kier molecular flexibility index (Phi) is 4.50. The molecule has 0 fully saturated rings. The molecule has 0 bridgehead atoms. The molecule has 1 heterocycles. The Balaban J connectivity index is 0.000000640. The molecular weight excluding hydrogens is 237 g/mol. The predicted molar refractivity (Wildman–Crippen MR) is 34.8 cm³/mol. The van der Waals surface area contributed by atoms with Crippen molar-refractivity contribution in [2.75, 3.05) is 0 Å². The van der Waals surface area contributed by atoms with E-state index in [1.165, 1.54) is 18.3 Å². The van der Waals surface area contributed by atoms with Crippen LogP contribution in [0.25, 0.3) is 0 Å². The van der Waals surface area contributed by atoms with Crippen LogP contribution in [0.5, 0.6) is 0 Å². The topological polar surface area (TPSA) is 18.5 Å². The van der Waals surface area contributed by atoms with Crippen LogP contribution < -0.4 is 0 Å². The Labute approximate surface area is 75.0 Å². The minimum atomic E-state index is 0. The molecule has 2 nitrogen and oxygen atoms in total. The summed E-state index contributed by atoms with van der Waals surface area (Å²) >= 11 is 1.21. The van der Waals surface area contributed by atoms with Crippen molar-refractivity contribution in [3.8, 4) is 0 Å². The van der Waals surface area contributed by atoms with Crippen molar-refractivity contribution < 1.29 is 27.8 Å². The first-order chi connectivity index (χ1) is 3.80. The number of hydrogen-bond acceptors (Lipinski definition) is 2. The van der Waals surface area contributed by atoms with Crippen LogP contribution >= 0.6 is 17.0 Å². The third kappa shape index (κ3) is 2.68. The maximum absolute atomic E-state index is 5.04. The zero-order chi connectivity index (χ0) is 5.98. The molecule has 49 valence electrons. The molecule has 1 aliphatic rings. The molecule has 9 heavy (non-hydrogen) atoms. The van der Waals surface area contributed by atoms with Crippen LogP contribution in [-0.2, 0) is 27.8 Å². The van der Waals surface area contributed by atoms with E-state index in [0.29, 0.717) is 4.51 Å². The minimum absolute atomic E-state index is 0. The molecule has 1 unspecified atom stereocenters. The van der Waals surface area contributed by atoms with Gasteiger partial charge in [-0.3, -0.25) is 0 Å². The maximum atomic E-state index is 5.04. The second-order valence-corrected chi connectivity index (χ2v) is 4.59. The van der Waals surface area contributed by atoms with Gasteiger partial charge >= 0.3 is 58.0 Å². The summed E-state index contributed by atoms with van der Waals surface area (Å²) < 4.78 is 10.6. The van der Waals surface area contributed by atoms with Gasteiger partial charge in [0.2, 0.25) is 0 Å². The first kappa shape index (κ1) is 9.44. The molecule has 0 aromatic heterocycles. The molecule has 0 aromatic rings. The van der Waals surface area contributed by atoms with Crippen molar-refractivity contribution >= 4 is 17.0 Å². The molecule has 0 aliphatic carbocycles. The average Bonchev–Trinajstić information content (AvgIpc) is 2.12. The zero-order valence-electron chi connectivity index (χ0n) is 5.24. The van der Waals surface area contributed by atoms with Crippen molar-refractivity contribution in [3.63, 3.8) is 0 Å². The van der Waals surface area contributed by atoms with E-state index in [0.717, 1.165) is 0 Å². The standard InChI is InChI=1S/C5H7O2.BrH.Zn/c1-2-5-6-3-4-7-5;;/h2-5H,1H3;1H;. The van der Waals surface area contributed by atoms with Crippen LogP contribution in [0.15, 0.2) is 12.5 Å². The average molecular weight is 245 g/mol. The molecular formula is C5H8BrO2Zn. The monoisotopic (exact) mass is 243 g/mol. The van der Waals surface area contributed by atoms with Gasteiger partial charge in [-0.15, -0.1) is 17.0 Å². The van der Waals surface area contributed by atoms with Gasteiger partial charge in [-0.25, -0.2) is 0 Å². The van der Waals surface area contributed by atoms with Crippen LogP contribution in [0.3, 0.4) is 0 Å². The number of ether oxygens (including phenoxy) is 2. The van der Waals surface area contributed by atoms with Gasteiger partial charge in [0.25, 0.3) is 0 Å². The van der Waals surface area contributed by atoms with Crippen LogP contribution in [0, 0.1) is 0 Å². The van der Waals surface area contributed by atoms with E-state index in [1.54, 1.807) is 12.5 Å². The molecule has 0 saturated carbocycles. The third-order valence-electron chi connectivity index (χ3n) is 0.946. The Hall–Kier alpha value is 0.443. The predicted octanol–water partition coefficient (Wildman–Crippen LogP) is 1.76. The Morgan fingerprint density at radius 1 is 1.44 bits per heavy atom. The van der Waals surface area contributed by atoms with Crippen molar-refractivity contribution in [3.05, 3.63) is 12.5 Å². The van der Waals surface area contributed by atoms with Gasteiger partial charge in [-0.2, -0.15) is 0 Å². The fourth-order valence-electron chi connectivity index (χ4n) is 0.519. The van der Waals surface area contributed by atoms with Gasteiger partial charge in [-0.1, -0.05) is 0 Å². The summed E-state index contributed by atoms with van der Waals surface area (Å²) in [6, 6.07) is 0. The van der Waals surface area contributed by atoms with Gasteiger partial charge in [0.05, 0.1) is 0 Å². The number of rotatable bonds is 1. The first-order valence-corrected chi connectivity index (χ1v) is 4.31. The van der Waals surface area contributed by atoms with E-state index in [-0.39, 0.29) is 23.3 Å². The molecule has 0 N–H and O–H groups in total. The van der Waals surface area contributed by atoms with Crippen molar-refractivity contribution in [2.24, 2.45) is 0 Å². The van der Waals surface area contributed by atoms with E-state index in [1.807, 2.05) is 0 Å². The number of hydrogen-bond donors (Lipinski definition) is 0. The molecule has 0 radical (unpaired) electrons. The Morgan fingerprint density at radius 3 is 2.11 bits per heavy atom. The molecule has 4 heteroatoms. The zero-order valence-corrected chi connectivity index (χ0v) is 9.92. The first-order valence-electron chi connectivity index (χ1n) is 2.60. The van der Waals surface area contributed by atoms with Gasteiger partial charge in [-0.05, 0) is 0 Å².